The van der Waals surface area contributed by atoms with Crippen molar-refractivity contribution in [3.05, 3.63) is 105 Å². The predicted octanol–water partition coefficient (Wildman–Crippen LogP) is 6.96. The molecule has 43 heavy (non-hydrogen) atoms. The van der Waals surface area contributed by atoms with Gasteiger partial charge in [0.15, 0.2) is 0 Å². The van der Waals surface area contributed by atoms with Crippen molar-refractivity contribution in [3.8, 4) is 28.6 Å². The quantitative estimate of drug-likeness (QED) is 0.163. The Hall–Kier alpha value is -4.90. The van der Waals surface area contributed by atoms with Crippen LogP contribution in [-0.2, 0) is 19.4 Å². The summed E-state index contributed by atoms with van der Waals surface area (Å²) in [7, 11) is 0. The molecule has 0 saturated carbocycles. The second kappa shape index (κ2) is 12.1. The average Bonchev–Trinajstić information content (AvgIpc) is 3.67. The van der Waals surface area contributed by atoms with E-state index in [0.29, 0.717) is 23.9 Å². The Kier molecular flexibility index (Phi) is 7.97. The van der Waals surface area contributed by atoms with Gasteiger partial charge in [-0.05, 0) is 69.9 Å². The van der Waals surface area contributed by atoms with Crippen LogP contribution in [-0.4, -0.2) is 41.7 Å². The van der Waals surface area contributed by atoms with Gasteiger partial charge in [-0.25, -0.2) is 9.78 Å². The van der Waals surface area contributed by atoms with Crippen LogP contribution in [0.15, 0.2) is 75.6 Å². The van der Waals surface area contributed by atoms with E-state index < -0.39 is 5.97 Å². The fraction of sp³-hybridized carbons (Fsp3) is 0.188. The highest BCUT2D eigenvalue weighted by Crippen LogP contribution is 2.38. The summed E-state index contributed by atoms with van der Waals surface area (Å²) in [6.45, 7) is 4.31. The van der Waals surface area contributed by atoms with Crippen LogP contribution in [0.25, 0.3) is 33.7 Å². The van der Waals surface area contributed by atoms with E-state index in [1.54, 1.807) is 18.2 Å². The molecule has 216 valence electrons. The molecular weight excluding hydrogens is 612 g/mol. The van der Waals surface area contributed by atoms with Crippen molar-refractivity contribution in [1.82, 2.24) is 30.6 Å². The topological polar surface area (TPSA) is 140 Å². The number of H-pyrrole nitrogens is 1. The van der Waals surface area contributed by atoms with E-state index in [1.807, 2.05) is 55.5 Å². The van der Waals surface area contributed by atoms with Crippen molar-refractivity contribution in [2.24, 2.45) is 0 Å². The lowest BCUT2D eigenvalue weighted by atomic mass is 10.0. The fourth-order valence-corrected chi connectivity index (χ4v) is 5.52. The van der Waals surface area contributed by atoms with E-state index in [0.717, 1.165) is 67.6 Å². The molecule has 0 aliphatic rings. The molecule has 2 N–H and O–H groups in total. The van der Waals surface area contributed by atoms with Gasteiger partial charge in [-0.1, -0.05) is 49.4 Å². The number of hydrogen-bond acceptors (Lipinski definition) is 8. The van der Waals surface area contributed by atoms with Gasteiger partial charge in [0.1, 0.15) is 23.8 Å². The Labute approximate surface area is 255 Å². The first kappa shape index (κ1) is 28.2. The first-order chi connectivity index (χ1) is 20.9. The molecular formula is C32H27BrN6O4. The van der Waals surface area contributed by atoms with Gasteiger partial charge in [0.25, 0.3) is 0 Å². The number of aromatic nitrogens is 6. The molecule has 0 aliphatic heterocycles. The van der Waals surface area contributed by atoms with Gasteiger partial charge < -0.3 is 14.3 Å². The van der Waals surface area contributed by atoms with Crippen molar-refractivity contribution in [1.29, 1.82) is 0 Å². The summed E-state index contributed by atoms with van der Waals surface area (Å²) in [6, 6.07) is 20.6. The third-order valence-electron chi connectivity index (χ3n) is 7.07. The van der Waals surface area contributed by atoms with Gasteiger partial charge in [0, 0.05) is 40.6 Å². The van der Waals surface area contributed by atoms with E-state index in [1.165, 1.54) is 0 Å². The number of aromatic carboxylic acids is 1. The zero-order chi connectivity index (χ0) is 29.9. The first-order valence-corrected chi connectivity index (χ1v) is 14.6. The number of carbonyl (C=O) groups is 1. The number of halogens is 1. The van der Waals surface area contributed by atoms with Gasteiger partial charge in [0.2, 0.25) is 11.7 Å². The van der Waals surface area contributed by atoms with Crippen molar-refractivity contribution in [3.63, 3.8) is 0 Å². The zero-order valence-electron chi connectivity index (χ0n) is 23.5. The van der Waals surface area contributed by atoms with Crippen LogP contribution >= 0.6 is 15.9 Å². The molecule has 3 heterocycles. The molecule has 10 nitrogen and oxygen atoms in total. The summed E-state index contributed by atoms with van der Waals surface area (Å²) in [5, 5.41) is 24.5. The highest BCUT2D eigenvalue weighted by Gasteiger charge is 2.18. The Balaban J connectivity index is 1.26. The Morgan fingerprint density at radius 2 is 1.84 bits per heavy atom. The van der Waals surface area contributed by atoms with Crippen molar-refractivity contribution >= 4 is 32.9 Å². The molecule has 0 saturated heterocycles. The maximum absolute atomic E-state index is 11.5. The number of aryl methyl sites for hydroxylation is 2. The van der Waals surface area contributed by atoms with Crippen LogP contribution in [0.5, 0.6) is 5.88 Å². The van der Waals surface area contributed by atoms with Crippen molar-refractivity contribution in [2.45, 2.75) is 39.7 Å². The van der Waals surface area contributed by atoms with Gasteiger partial charge in [-0.15, -0.1) is 10.2 Å². The van der Waals surface area contributed by atoms with E-state index >= 15 is 0 Å². The predicted molar refractivity (Wildman–Crippen MR) is 164 cm³/mol. The molecule has 0 aliphatic carbocycles. The number of nitrogens with zero attached hydrogens (tertiary/aromatic N) is 5. The number of aromatic amines is 1. The lowest BCUT2D eigenvalue weighted by Gasteiger charge is -2.15. The number of tetrazole rings is 1. The Morgan fingerprint density at radius 1 is 1.02 bits per heavy atom. The molecule has 6 aromatic rings. The third-order valence-corrected chi connectivity index (χ3v) is 7.86. The lowest BCUT2D eigenvalue weighted by molar-refractivity contribution is 0.0696. The molecule has 0 fully saturated rings. The zero-order valence-corrected chi connectivity index (χ0v) is 25.1. The van der Waals surface area contributed by atoms with Gasteiger partial charge in [0.05, 0.1) is 10.0 Å². The van der Waals surface area contributed by atoms with Gasteiger partial charge >= 0.3 is 5.97 Å². The summed E-state index contributed by atoms with van der Waals surface area (Å²) in [5.41, 5.74) is 6.18. The molecule has 11 heteroatoms. The summed E-state index contributed by atoms with van der Waals surface area (Å²) in [4.78, 5) is 21.0. The molecule has 0 radical (unpaired) electrons. The lowest BCUT2D eigenvalue weighted by Crippen LogP contribution is -2.09. The summed E-state index contributed by atoms with van der Waals surface area (Å²) in [6.07, 6.45) is 2.10. The molecule has 0 amide bonds. The second-order valence-corrected chi connectivity index (χ2v) is 10.9. The second-order valence-electron chi connectivity index (χ2n) is 10.1. The smallest absolute Gasteiger partial charge is 0.335 e. The normalized spacial score (nSPS) is 11.2. The van der Waals surface area contributed by atoms with Crippen LogP contribution in [0.4, 0.5) is 0 Å². The number of furan rings is 1. The van der Waals surface area contributed by atoms with E-state index in [9.17, 15) is 9.90 Å². The van der Waals surface area contributed by atoms with E-state index in [4.69, 9.17) is 19.1 Å². The summed E-state index contributed by atoms with van der Waals surface area (Å²) in [5.74, 6) is 1.51. The van der Waals surface area contributed by atoms with E-state index in [-0.39, 0.29) is 12.2 Å². The monoisotopic (exact) mass is 638 g/mol. The SMILES string of the molecule is CCCc1nc(C)c(Cc2cccc(C(=O)O)c2)c(OCc2ccc3oc(-c4ccc(-c5nn[nH]n5)cc4)c(Br)c3c2)n1. The fourth-order valence-electron chi connectivity index (χ4n) is 4.90. The highest BCUT2D eigenvalue weighted by atomic mass is 79.9. The largest absolute Gasteiger partial charge is 0.478 e. The molecule has 6 rings (SSSR count). The first-order valence-electron chi connectivity index (χ1n) is 13.8. The number of carboxylic acid groups (broad SMARTS) is 1. The maximum atomic E-state index is 11.5. The third kappa shape index (κ3) is 6.02. The van der Waals surface area contributed by atoms with Crippen molar-refractivity contribution < 1.29 is 19.1 Å². The minimum atomic E-state index is -0.964. The number of fused-ring (bicyclic) bond motifs is 1. The van der Waals surface area contributed by atoms with Gasteiger partial charge in [-0.3, -0.25) is 0 Å². The minimum absolute atomic E-state index is 0.238. The summed E-state index contributed by atoms with van der Waals surface area (Å²) >= 11 is 3.74. The molecule has 0 spiro atoms. The van der Waals surface area contributed by atoms with Crippen LogP contribution in [0.2, 0.25) is 0 Å². The molecule has 0 atom stereocenters. The van der Waals surface area contributed by atoms with Crippen LogP contribution in [0.1, 0.15) is 51.9 Å². The number of benzene rings is 3. The van der Waals surface area contributed by atoms with Gasteiger partial charge in [-0.2, -0.15) is 10.2 Å². The van der Waals surface area contributed by atoms with E-state index in [2.05, 4.69) is 43.5 Å². The number of nitrogens with one attached hydrogen (secondary N) is 1. The van der Waals surface area contributed by atoms with Crippen LogP contribution in [0, 0.1) is 6.92 Å². The number of ether oxygens (including phenoxy) is 1. The van der Waals surface area contributed by atoms with Crippen LogP contribution < -0.4 is 4.74 Å². The minimum Gasteiger partial charge on any atom is -0.478 e. The number of hydrogen-bond donors (Lipinski definition) is 2. The average molecular weight is 640 g/mol. The molecule has 3 aromatic heterocycles. The standard InChI is InChI=1S/C32H27BrN6O4/c1-3-5-27-34-18(2)24(15-19-6-4-7-23(14-19)32(40)41)31(35-27)42-17-20-8-13-26-25(16-20)28(33)29(43-26)21-9-11-22(12-10-21)30-36-38-39-37-30/h4,6-14,16H,3,5,15,17H2,1-2H3,(H,40,41)(H,36,37,38,39). The Morgan fingerprint density at radius 3 is 2.58 bits per heavy atom. The van der Waals surface area contributed by atoms with Crippen LogP contribution in [0.3, 0.4) is 0 Å². The number of carboxylic acids is 1. The molecule has 0 bridgehead atoms. The molecule has 0 unspecified atom stereocenters. The maximum Gasteiger partial charge on any atom is 0.335 e. The van der Waals surface area contributed by atoms with Crippen molar-refractivity contribution in [2.75, 3.05) is 0 Å². The summed E-state index contributed by atoms with van der Waals surface area (Å²) < 4.78 is 13.4. The number of rotatable bonds is 10. The molecule has 3 aromatic carbocycles. The highest BCUT2D eigenvalue weighted by molar-refractivity contribution is 9.10. The Bertz CT molecular complexity index is 1920.